The summed E-state index contributed by atoms with van der Waals surface area (Å²) in [5, 5.41) is 4.05. The van der Waals surface area contributed by atoms with E-state index in [0.717, 1.165) is 32.6 Å². The molecule has 2 aromatic heterocycles. The summed E-state index contributed by atoms with van der Waals surface area (Å²) in [7, 11) is 1.70. The average molecular weight is 411 g/mol. The normalized spacial score (nSPS) is 11.2. The molecule has 0 aliphatic rings. The largest absolute Gasteiger partial charge is 0.350 e. The Morgan fingerprint density at radius 1 is 0.933 bits per heavy atom. The molecule has 0 amide bonds. The predicted molar refractivity (Wildman–Crippen MR) is 107 cm³/mol. The van der Waals surface area contributed by atoms with Gasteiger partial charge in [-0.3, -0.25) is 9.13 Å². The fourth-order valence-electron chi connectivity index (χ4n) is 3.34. The summed E-state index contributed by atoms with van der Waals surface area (Å²) in [6.07, 6.45) is 3.01. The van der Waals surface area contributed by atoms with Gasteiger partial charge in [-0.25, -0.2) is 18.4 Å². The highest BCUT2D eigenvalue weighted by atomic mass is 19.1. The number of hydrogen-bond donors (Lipinski definition) is 0. The van der Waals surface area contributed by atoms with Crippen LogP contribution in [0.1, 0.15) is 16.8 Å². The fraction of sp³-hybridized carbons (Fsp3) is 0.190. The minimum atomic E-state index is -0.717. The molecule has 0 saturated heterocycles. The molecule has 4 aromatic rings. The SMILES string of the molecule is Cc1cn(C)c(=O)n1Cc1ccc(-n2ncn(Cc3c(F)cccc3F)c2=O)cc1. The van der Waals surface area contributed by atoms with Crippen LogP contribution in [0.4, 0.5) is 8.78 Å². The molecule has 4 rings (SSSR count). The Morgan fingerprint density at radius 2 is 1.60 bits per heavy atom. The van der Waals surface area contributed by atoms with Gasteiger partial charge in [0, 0.05) is 24.5 Å². The van der Waals surface area contributed by atoms with E-state index in [2.05, 4.69) is 5.10 Å². The van der Waals surface area contributed by atoms with Crippen molar-refractivity contribution >= 4 is 0 Å². The zero-order chi connectivity index (χ0) is 21.4. The summed E-state index contributed by atoms with van der Waals surface area (Å²) in [6.45, 7) is 2.01. The molecule has 154 valence electrons. The Balaban J connectivity index is 1.58. The van der Waals surface area contributed by atoms with E-state index in [1.54, 1.807) is 42.1 Å². The molecule has 0 N–H and O–H groups in total. The van der Waals surface area contributed by atoms with E-state index in [9.17, 15) is 18.4 Å². The lowest BCUT2D eigenvalue weighted by atomic mass is 10.2. The maximum absolute atomic E-state index is 13.9. The first-order valence-corrected chi connectivity index (χ1v) is 9.24. The Bertz CT molecular complexity index is 1310. The van der Waals surface area contributed by atoms with E-state index in [1.165, 1.54) is 17.0 Å². The average Bonchev–Trinajstić information content (AvgIpc) is 3.19. The number of rotatable bonds is 5. The molecular weight excluding hydrogens is 392 g/mol. The zero-order valence-corrected chi connectivity index (χ0v) is 16.4. The van der Waals surface area contributed by atoms with Crippen molar-refractivity contribution in [3.8, 4) is 5.69 Å². The van der Waals surface area contributed by atoms with Crippen LogP contribution in [0.3, 0.4) is 0 Å². The van der Waals surface area contributed by atoms with Crippen molar-refractivity contribution in [3.63, 3.8) is 0 Å². The number of halogens is 2. The maximum Gasteiger partial charge on any atom is 0.350 e. The molecule has 0 spiro atoms. The highest BCUT2D eigenvalue weighted by Gasteiger charge is 2.13. The van der Waals surface area contributed by atoms with Gasteiger partial charge in [-0.2, -0.15) is 9.78 Å². The lowest BCUT2D eigenvalue weighted by molar-refractivity contribution is 0.541. The van der Waals surface area contributed by atoms with Crippen molar-refractivity contribution < 1.29 is 8.78 Å². The molecule has 30 heavy (non-hydrogen) atoms. The van der Waals surface area contributed by atoms with Gasteiger partial charge in [0.15, 0.2) is 0 Å². The first-order chi connectivity index (χ1) is 14.3. The van der Waals surface area contributed by atoms with E-state index in [-0.39, 0.29) is 17.8 Å². The van der Waals surface area contributed by atoms with Crippen LogP contribution in [-0.2, 0) is 20.1 Å². The highest BCUT2D eigenvalue weighted by Crippen LogP contribution is 2.13. The van der Waals surface area contributed by atoms with Crippen LogP contribution in [0.15, 0.2) is 64.6 Å². The van der Waals surface area contributed by atoms with Crippen LogP contribution in [0, 0.1) is 18.6 Å². The van der Waals surface area contributed by atoms with Gasteiger partial charge in [0.05, 0.1) is 18.8 Å². The Kier molecular flexibility index (Phi) is 4.94. The van der Waals surface area contributed by atoms with E-state index < -0.39 is 17.3 Å². The third-order valence-corrected chi connectivity index (χ3v) is 4.98. The molecular formula is C21H19F2N5O2. The second-order valence-corrected chi connectivity index (χ2v) is 7.07. The van der Waals surface area contributed by atoms with Crippen molar-refractivity contribution in [2.75, 3.05) is 0 Å². The molecule has 0 radical (unpaired) electrons. The first-order valence-electron chi connectivity index (χ1n) is 9.24. The summed E-state index contributed by atoms with van der Waals surface area (Å²) in [5.74, 6) is -1.43. The quantitative estimate of drug-likeness (QED) is 0.506. The molecule has 0 aliphatic heterocycles. The van der Waals surface area contributed by atoms with Gasteiger partial charge >= 0.3 is 11.4 Å². The molecule has 0 fully saturated rings. The molecule has 0 atom stereocenters. The van der Waals surface area contributed by atoms with E-state index in [1.807, 2.05) is 6.92 Å². The van der Waals surface area contributed by atoms with Crippen LogP contribution in [0.5, 0.6) is 0 Å². The second-order valence-electron chi connectivity index (χ2n) is 7.07. The Labute approximate surface area is 170 Å². The van der Waals surface area contributed by atoms with Crippen molar-refractivity contribution in [3.05, 3.63) is 104 Å². The third kappa shape index (κ3) is 3.49. The van der Waals surface area contributed by atoms with Crippen molar-refractivity contribution in [2.45, 2.75) is 20.0 Å². The molecule has 0 saturated carbocycles. The summed E-state index contributed by atoms with van der Waals surface area (Å²) in [4.78, 5) is 24.8. The Hall–Kier alpha value is -3.75. The van der Waals surface area contributed by atoms with Crippen LogP contribution < -0.4 is 11.4 Å². The molecule has 0 aliphatic carbocycles. The van der Waals surface area contributed by atoms with Gasteiger partial charge in [0.2, 0.25) is 0 Å². The minimum Gasteiger partial charge on any atom is -0.302 e. The van der Waals surface area contributed by atoms with Crippen LogP contribution in [-0.4, -0.2) is 23.5 Å². The first kappa shape index (κ1) is 19.6. The van der Waals surface area contributed by atoms with E-state index >= 15 is 0 Å². The molecule has 0 unspecified atom stereocenters. The Morgan fingerprint density at radius 3 is 2.20 bits per heavy atom. The molecule has 2 heterocycles. The number of aryl methyl sites for hydroxylation is 2. The van der Waals surface area contributed by atoms with Gasteiger partial charge in [0.25, 0.3) is 0 Å². The van der Waals surface area contributed by atoms with Gasteiger partial charge in [-0.1, -0.05) is 18.2 Å². The van der Waals surface area contributed by atoms with Crippen molar-refractivity contribution in [2.24, 2.45) is 7.05 Å². The maximum atomic E-state index is 13.9. The van der Waals surface area contributed by atoms with Crippen molar-refractivity contribution in [1.29, 1.82) is 0 Å². The molecule has 9 heteroatoms. The fourth-order valence-corrected chi connectivity index (χ4v) is 3.34. The van der Waals surface area contributed by atoms with E-state index in [4.69, 9.17) is 0 Å². The zero-order valence-electron chi connectivity index (χ0n) is 16.4. The lowest BCUT2D eigenvalue weighted by Crippen LogP contribution is -2.25. The van der Waals surface area contributed by atoms with Crippen LogP contribution >= 0.6 is 0 Å². The lowest BCUT2D eigenvalue weighted by Gasteiger charge is -2.06. The standard InChI is InChI=1S/C21H19F2N5O2/c1-14-10-25(2)20(29)27(14)11-15-6-8-16(9-7-15)28-21(30)26(13-24-28)12-17-18(22)4-3-5-19(17)23/h3-10,13H,11-12H2,1-2H3. The van der Waals surface area contributed by atoms with Gasteiger partial charge in [0.1, 0.15) is 18.0 Å². The number of imidazole rings is 1. The minimum absolute atomic E-state index is 0.105. The van der Waals surface area contributed by atoms with Gasteiger partial charge < -0.3 is 4.57 Å². The number of aromatic nitrogens is 5. The smallest absolute Gasteiger partial charge is 0.302 e. The number of hydrogen-bond acceptors (Lipinski definition) is 3. The summed E-state index contributed by atoms with van der Waals surface area (Å²) < 4.78 is 33.2. The van der Waals surface area contributed by atoms with Crippen molar-refractivity contribution in [1.82, 2.24) is 23.5 Å². The molecule has 7 nitrogen and oxygen atoms in total. The second kappa shape index (κ2) is 7.58. The highest BCUT2D eigenvalue weighted by molar-refractivity contribution is 5.33. The van der Waals surface area contributed by atoms with Crippen LogP contribution in [0.2, 0.25) is 0 Å². The predicted octanol–water partition coefficient (Wildman–Crippen LogP) is 2.22. The molecule has 0 bridgehead atoms. The van der Waals surface area contributed by atoms with Gasteiger partial charge in [-0.05, 0) is 36.8 Å². The van der Waals surface area contributed by atoms with E-state index in [0.29, 0.717) is 12.2 Å². The van der Waals surface area contributed by atoms with Crippen LogP contribution in [0.25, 0.3) is 5.69 Å². The topological polar surface area (TPSA) is 66.8 Å². The summed E-state index contributed by atoms with van der Waals surface area (Å²) in [5.41, 5.74) is 1.43. The third-order valence-electron chi connectivity index (χ3n) is 4.98. The molecule has 2 aromatic carbocycles. The summed E-state index contributed by atoms with van der Waals surface area (Å²) >= 11 is 0. The summed E-state index contributed by atoms with van der Waals surface area (Å²) in [6, 6.07) is 10.6. The number of nitrogens with zero attached hydrogens (tertiary/aromatic N) is 5. The van der Waals surface area contributed by atoms with Gasteiger partial charge in [-0.15, -0.1) is 0 Å². The number of benzene rings is 2. The monoisotopic (exact) mass is 411 g/mol.